The predicted molar refractivity (Wildman–Crippen MR) is 108 cm³/mol. The average Bonchev–Trinajstić information content (AvgIpc) is 3.38. The van der Waals surface area contributed by atoms with Gasteiger partial charge in [-0.2, -0.15) is 0 Å². The number of rotatable bonds is 2. The SMILES string of the molecule is CN1C(=c2sc(=Cc3ccccn3)n(C3CC3)c2=O)Sc2cc(F)ccc21. The van der Waals surface area contributed by atoms with E-state index in [2.05, 4.69) is 4.98 Å². The molecule has 3 heterocycles. The number of thioether (sulfide) groups is 1. The molecule has 0 atom stereocenters. The molecule has 136 valence electrons. The van der Waals surface area contributed by atoms with Gasteiger partial charge in [0.05, 0.1) is 11.4 Å². The van der Waals surface area contributed by atoms with Gasteiger partial charge in [-0.05, 0) is 49.2 Å². The number of thiazole rings is 1. The third-order valence-corrected chi connectivity index (χ3v) is 7.16. The minimum Gasteiger partial charge on any atom is -0.337 e. The van der Waals surface area contributed by atoms with E-state index in [9.17, 15) is 9.18 Å². The molecule has 27 heavy (non-hydrogen) atoms. The summed E-state index contributed by atoms with van der Waals surface area (Å²) < 4.78 is 17.1. The van der Waals surface area contributed by atoms with E-state index in [-0.39, 0.29) is 17.4 Å². The molecule has 0 saturated heterocycles. The van der Waals surface area contributed by atoms with Crippen LogP contribution in [0.4, 0.5) is 10.1 Å². The van der Waals surface area contributed by atoms with Crippen LogP contribution in [0.3, 0.4) is 0 Å². The Morgan fingerprint density at radius 3 is 2.85 bits per heavy atom. The molecule has 1 saturated carbocycles. The Bertz CT molecular complexity index is 1210. The van der Waals surface area contributed by atoms with E-state index in [0.717, 1.165) is 38.8 Å². The zero-order valence-corrected chi connectivity index (χ0v) is 16.2. The molecular formula is C20H16FN3OS2. The first-order valence-corrected chi connectivity index (χ1v) is 10.3. The van der Waals surface area contributed by atoms with Crippen molar-refractivity contribution in [2.75, 3.05) is 11.9 Å². The van der Waals surface area contributed by atoms with Gasteiger partial charge in [-0.15, -0.1) is 11.3 Å². The molecule has 3 aromatic rings. The monoisotopic (exact) mass is 397 g/mol. The van der Waals surface area contributed by atoms with Crippen LogP contribution in [-0.4, -0.2) is 16.6 Å². The molecule has 0 radical (unpaired) electrons. The Kier molecular flexibility index (Phi) is 3.94. The van der Waals surface area contributed by atoms with E-state index in [4.69, 9.17) is 0 Å². The molecule has 0 N–H and O–H groups in total. The van der Waals surface area contributed by atoms with Crippen molar-refractivity contribution in [3.63, 3.8) is 0 Å². The fourth-order valence-electron chi connectivity index (χ4n) is 3.23. The maximum absolute atomic E-state index is 13.6. The summed E-state index contributed by atoms with van der Waals surface area (Å²) in [6.07, 6.45) is 5.78. The lowest BCUT2D eigenvalue weighted by molar-refractivity contribution is 0.624. The Morgan fingerprint density at radius 2 is 2.11 bits per heavy atom. The molecule has 0 unspecified atom stereocenters. The van der Waals surface area contributed by atoms with Crippen LogP contribution >= 0.6 is 23.1 Å². The first-order chi connectivity index (χ1) is 13.1. The number of halogens is 1. The van der Waals surface area contributed by atoms with Gasteiger partial charge in [-0.1, -0.05) is 17.8 Å². The number of nitrogens with zero attached hydrogens (tertiary/aromatic N) is 3. The zero-order valence-electron chi connectivity index (χ0n) is 14.6. The molecule has 0 amide bonds. The second-order valence-corrected chi connectivity index (χ2v) is 8.71. The number of hydrogen-bond acceptors (Lipinski definition) is 5. The van der Waals surface area contributed by atoms with Gasteiger partial charge in [-0.3, -0.25) is 14.3 Å². The van der Waals surface area contributed by atoms with Crippen LogP contribution in [0.2, 0.25) is 0 Å². The van der Waals surface area contributed by atoms with Crippen LogP contribution in [-0.2, 0) is 0 Å². The number of fused-ring (bicyclic) bond motifs is 1. The van der Waals surface area contributed by atoms with Crippen LogP contribution in [0, 0.1) is 5.82 Å². The van der Waals surface area contributed by atoms with E-state index >= 15 is 0 Å². The first-order valence-electron chi connectivity index (χ1n) is 8.71. The average molecular weight is 398 g/mol. The molecular weight excluding hydrogens is 381 g/mol. The fraction of sp³-hybridized carbons (Fsp3) is 0.200. The van der Waals surface area contributed by atoms with Crippen molar-refractivity contribution >= 4 is 39.9 Å². The maximum atomic E-state index is 13.6. The van der Waals surface area contributed by atoms with E-state index in [1.54, 1.807) is 12.3 Å². The molecule has 0 bridgehead atoms. The molecule has 1 aliphatic carbocycles. The number of pyridine rings is 1. The molecule has 2 aliphatic rings. The van der Waals surface area contributed by atoms with Gasteiger partial charge >= 0.3 is 0 Å². The van der Waals surface area contributed by atoms with Crippen LogP contribution in [0.5, 0.6) is 0 Å². The summed E-state index contributed by atoms with van der Waals surface area (Å²) in [5, 5.41) is 0.862. The van der Waals surface area contributed by atoms with Crippen molar-refractivity contribution in [1.82, 2.24) is 9.55 Å². The van der Waals surface area contributed by atoms with Gasteiger partial charge < -0.3 is 4.90 Å². The smallest absolute Gasteiger partial charge is 0.272 e. The molecule has 7 heteroatoms. The summed E-state index contributed by atoms with van der Waals surface area (Å²) in [6.45, 7) is 0. The van der Waals surface area contributed by atoms with Gasteiger partial charge in [0, 0.05) is 24.2 Å². The minimum absolute atomic E-state index is 0.0345. The van der Waals surface area contributed by atoms with Gasteiger partial charge in [0.25, 0.3) is 5.56 Å². The molecule has 5 rings (SSSR count). The normalized spacial score (nSPS) is 18.9. The summed E-state index contributed by atoms with van der Waals surface area (Å²) in [6, 6.07) is 10.8. The van der Waals surface area contributed by atoms with Gasteiger partial charge in [0.1, 0.15) is 20.0 Å². The van der Waals surface area contributed by atoms with E-state index in [1.165, 1.54) is 35.2 Å². The van der Waals surface area contributed by atoms with E-state index in [0.29, 0.717) is 4.53 Å². The highest BCUT2D eigenvalue weighted by Gasteiger charge is 2.29. The Balaban J connectivity index is 1.73. The van der Waals surface area contributed by atoms with Crippen LogP contribution in [0.25, 0.3) is 11.1 Å². The van der Waals surface area contributed by atoms with Gasteiger partial charge in [0.2, 0.25) is 0 Å². The van der Waals surface area contributed by atoms with Crippen molar-refractivity contribution < 1.29 is 4.39 Å². The Morgan fingerprint density at radius 1 is 1.26 bits per heavy atom. The molecule has 1 aliphatic heterocycles. The molecule has 1 aromatic carbocycles. The zero-order chi connectivity index (χ0) is 18.5. The number of benzene rings is 1. The maximum Gasteiger partial charge on any atom is 0.272 e. The highest BCUT2D eigenvalue weighted by molar-refractivity contribution is 8.08. The van der Waals surface area contributed by atoms with Gasteiger partial charge in [-0.25, -0.2) is 4.39 Å². The highest BCUT2D eigenvalue weighted by Crippen LogP contribution is 2.45. The highest BCUT2D eigenvalue weighted by atomic mass is 32.2. The fourth-order valence-corrected chi connectivity index (χ4v) is 5.72. The van der Waals surface area contributed by atoms with E-state index < -0.39 is 0 Å². The predicted octanol–water partition coefficient (Wildman–Crippen LogP) is 2.92. The second kappa shape index (κ2) is 6.35. The molecule has 4 nitrogen and oxygen atoms in total. The number of hydrogen-bond donors (Lipinski definition) is 0. The lowest BCUT2D eigenvalue weighted by atomic mass is 10.3. The lowest BCUT2D eigenvalue weighted by Gasteiger charge is -2.12. The minimum atomic E-state index is -0.262. The Labute approximate surface area is 163 Å². The topological polar surface area (TPSA) is 38.1 Å². The summed E-state index contributed by atoms with van der Waals surface area (Å²) in [5.74, 6) is -0.262. The molecule has 0 spiro atoms. The largest absolute Gasteiger partial charge is 0.337 e. The van der Waals surface area contributed by atoms with Crippen molar-refractivity contribution in [3.8, 4) is 0 Å². The number of anilines is 1. The standard InChI is InChI=1S/C20H16FN3OS2/c1-23-15-8-5-12(21)10-16(15)26-20(23)18-19(25)24(14-6-7-14)17(27-18)11-13-4-2-3-9-22-13/h2-5,8-11,14H,6-7H2,1H3. The quantitative estimate of drug-likeness (QED) is 0.667. The van der Waals surface area contributed by atoms with Crippen LogP contribution in [0.1, 0.15) is 24.6 Å². The molecule has 2 aromatic heterocycles. The number of aromatic nitrogens is 2. The van der Waals surface area contributed by atoms with E-state index in [1.807, 2.05) is 40.8 Å². The summed E-state index contributed by atoms with van der Waals surface area (Å²) in [5.41, 5.74) is 1.80. The van der Waals surface area contributed by atoms with Crippen molar-refractivity contribution in [2.24, 2.45) is 0 Å². The summed E-state index contributed by atoms with van der Waals surface area (Å²) in [7, 11) is 1.93. The van der Waals surface area contributed by atoms with Crippen molar-refractivity contribution in [2.45, 2.75) is 23.8 Å². The molecule has 1 fully saturated rings. The second-order valence-electron chi connectivity index (χ2n) is 6.65. The summed E-state index contributed by atoms with van der Waals surface area (Å²) in [4.78, 5) is 20.4. The van der Waals surface area contributed by atoms with Crippen molar-refractivity contribution in [1.29, 1.82) is 0 Å². The Hall–Kier alpha value is -2.38. The van der Waals surface area contributed by atoms with Crippen molar-refractivity contribution in [3.05, 3.63) is 73.7 Å². The van der Waals surface area contributed by atoms with Crippen LogP contribution < -0.4 is 19.7 Å². The third kappa shape index (κ3) is 2.91. The first kappa shape index (κ1) is 16.8. The summed E-state index contributed by atoms with van der Waals surface area (Å²) >= 11 is 2.94. The van der Waals surface area contributed by atoms with Crippen LogP contribution in [0.15, 0.2) is 52.3 Å². The third-order valence-electron chi connectivity index (χ3n) is 4.72. The lowest BCUT2D eigenvalue weighted by Crippen LogP contribution is -2.33. The van der Waals surface area contributed by atoms with Gasteiger partial charge in [0.15, 0.2) is 0 Å².